The summed E-state index contributed by atoms with van der Waals surface area (Å²) in [6.45, 7) is 3.53. The van der Waals surface area contributed by atoms with E-state index in [1.165, 1.54) is 25.7 Å². The molecule has 1 heterocycles. The van der Waals surface area contributed by atoms with Gasteiger partial charge in [-0.05, 0) is 25.8 Å². The Hall–Kier alpha value is -0.0800. The van der Waals surface area contributed by atoms with E-state index in [4.69, 9.17) is 0 Å². The van der Waals surface area contributed by atoms with Crippen LogP contribution in [-0.4, -0.2) is 23.8 Å². The van der Waals surface area contributed by atoms with Crippen LogP contribution in [0.2, 0.25) is 0 Å². The number of nitrogens with one attached hydrogen (secondary N) is 1. The number of aliphatic hydroxyl groups excluding tert-OH is 1. The molecule has 1 unspecified atom stereocenters. The van der Waals surface area contributed by atoms with E-state index in [1.807, 2.05) is 0 Å². The van der Waals surface area contributed by atoms with Gasteiger partial charge in [0.1, 0.15) is 0 Å². The SMILES string of the molecule is CCC1(CO)CCCCCCN1. The molecule has 1 saturated heterocycles. The molecule has 0 radical (unpaired) electrons. The molecule has 2 heteroatoms. The normalized spacial score (nSPS) is 32.5. The lowest BCUT2D eigenvalue weighted by atomic mass is 9.88. The fraction of sp³-hybridized carbons (Fsp3) is 1.00. The molecule has 72 valence electrons. The predicted molar refractivity (Wildman–Crippen MR) is 51.2 cm³/mol. The maximum Gasteiger partial charge on any atom is 0.0613 e. The van der Waals surface area contributed by atoms with E-state index in [2.05, 4.69) is 12.2 Å². The van der Waals surface area contributed by atoms with Crippen molar-refractivity contribution >= 4 is 0 Å². The molecule has 1 fully saturated rings. The summed E-state index contributed by atoms with van der Waals surface area (Å²) in [6.07, 6.45) is 7.40. The van der Waals surface area contributed by atoms with Gasteiger partial charge in [0, 0.05) is 5.54 Å². The number of rotatable bonds is 2. The molecule has 12 heavy (non-hydrogen) atoms. The zero-order chi connectivity index (χ0) is 8.86. The Bertz CT molecular complexity index is 111. The lowest BCUT2D eigenvalue weighted by molar-refractivity contribution is 0.138. The Kier molecular flexibility index (Phi) is 4.02. The van der Waals surface area contributed by atoms with Crippen molar-refractivity contribution in [2.24, 2.45) is 0 Å². The van der Waals surface area contributed by atoms with Crippen LogP contribution in [0.15, 0.2) is 0 Å². The van der Waals surface area contributed by atoms with Crippen LogP contribution < -0.4 is 5.32 Å². The monoisotopic (exact) mass is 171 g/mol. The van der Waals surface area contributed by atoms with Gasteiger partial charge < -0.3 is 10.4 Å². The Balaban J connectivity index is 2.45. The predicted octanol–water partition coefficient (Wildman–Crippen LogP) is 1.68. The van der Waals surface area contributed by atoms with Crippen LogP contribution in [-0.2, 0) is 0 Å². The van der Waals surface area contributed by atoms with E-state index in [9.17, 15) is 5.11 Å². The van der Waals surface area contributed by atoms with Gasteiger partial charge in [0.2, 0.25) is 0 Å². The van der Waals surface area contributed by atoms with Crippen LogP contribution in [0.3, 0.4) is 0 Å². The van der Waals surface area contributed by atoms with Gasteiger partial charge in [0.25, 0.3) is 0 Å². The van der Waals surface area contributed by atoms with Gasteiger partial charge in [-0.1, -0.05) is 26.2 Å². The third-order valence-electron chi connectivity index (χ3n) is 3.06. The van der Waals surface area contributed by atoms with Crippen molar-refractivity contribution in [2.75, 3.05) is 13.2 Å². The average Bonchev–Trinajstić information content (AvgIpc) is 2.06. The van der Waals surface area contributed by atoms with Gasteiger partial charge >= 0.3 is 0 Å². The lowest BCUT2D eigenvalue weighted by Crippen LogP contribution is -2.49. The van der Waals surface area contributed by atoms with Crippen molar-refractivity contribution in [3.8, 4) is 0 Å². The minimum absolute atomic E-state index is 0.0421. The van der Waals surface area contributed by atoms with Crippen LogP contribution in [0, 0.1) is 0 Å². The van der Waals surface area contributed by atoms with E-state index in [0.29, 0.717) is 6.61 Å². The fourth-order valence-electron chi connectivity index (χ4n) is 1.93. The second-order valence-corrected chi connectivity index (χ2v) is 3.88. The first-order chi connectivity index (χ1) is 5.83. The topological polar surface area (TPSA) is 32.3 Å². The molecule has 0 aromatic carbocycles. The molecule has 2 N–H and O–H groups in total. The van der Waals surface area contributed by atoms with Crippen molar-refractivity contribution in [1.29, 1.82) is 0 Å². The summed E-state index contributed by atoms with van der Waals surface area (Å²) in [5.41, 5.74) is 0.0421. The standard InChI is InChI=1S/C10H21NO/c1-2-10(9-12)7-5-3-4-6-8-11-10/h11-12H,2-9H2,1H3. The summed E-state index contributed by atoms with van der Waals surface area (Å²) < 4.78 is 0. The summed E-state index contributed by atoms with van der Waals surface area (Å²) in [5.74, 6) is 0. The van der Waals surface area contributed by atoms with Crippen LogP contribution in [0.1, 0.15) is 45.4 Å². The molecule has 0 bridgehead atoms. The first kappa shape index (κ1) is 10.0. The fourth-order valence-corrected chi connectivity index (χ4v) is 1.93. The average molecular weight is 171 g/mol. The highest BCUT2D eigenvalue weighted by Crippen LogP contribution is 2.21. The molecule has 1 aliphatic rings. The van der Waals surface area contributed by atoms with Gasteiger partial charge in [-0.15, -0.1) is 0 Å². The van der Waals surface area contributed by atoms with E-state index in [1.54, 1.807) is 0 Å². The Morgan fingerprint density at radius 3 is 2.67 bits per heavy atom. The molecule has 0 aromatic rings. The largest absolute Gasteiger partial charge is 0.394 e. The van der Waals surface area contributed by atoms with Crippen molar-refractivity contribution in [3.05, 3.63) is 0 Å². The van der Waals surface area contributed by atoms with Gasteiger partial charge in [-0.2, -0.15) is 0 Å². The Labute approximate surface area is 75.4 Å². The smallest absolute Gasteiger partial charge is 0.0613 e. The van der Waals surface area contributed by atoms with E-state index < -0.39 is 0 Å². The highest BCUT2D eigenvalue weighted by molar-refractivity contribution is 4.86. The number of hydrogen-bond acceptors (Lipinski definition) is 2. The third kappa shape index (κ3) is 2.46. The molecule has 0 aliphatic carbocycles. The summed E-state index contributed by atoms with van der Waals surface area (Å²) in [5, 5.41) is 12.8. The summed E-state index contributed by atoms with van der Waals surface area (Å²) in [6, 6.07) is 0. The van der Waals surface area contributed by atoms with Gasteiger partial charge in [-0.25, -0.2) is 0 Å². The first-order valence-corrected chi connectivity index (χ1v) is 5.19. The maximum absolute atomic E-state index is 9.30. The van der Waals surface area contributed by atoms with E-state index in [0.717, 1.165) is 19.4 Å². The van der Waals surface area contributed by atoms with Gasteiger partial charge in [0.05, 0.1) is 6.61 Å². The highest BCUT2D eigenvalue weighted by atomic mass is 16.3. The summed E-state index contributed by atoms with van der Waals surface area (Å²) >= 11 is 0. The highest BCUT2D eigenvalue weighted by Gasteiger charge is 2.26. The molecule has 0 amide bonds. The quantitative estimate of drug-likeness (QED) is 0.662. The van der Waals surface area contributed by atoms with Crippen molar-refractivity contribution in [2.45, 2.75) is 51.0 Å². The zero-order valence-electron chi connectivity index (χ0n) is 8.10. The second-order valence-electron chi connectivity index (χ2n) is 3.88. The van der Waals surface area contributed by atoms with Crippen molar-refractivity contribution in [3.63, 3.8) is 0 Å². The molecule has 2 nitrogen and oxygen atoms in total. The number of aliphatic hydroxyl groups is 1. The maximum atomic E-state index is 9.30. The third-order valence-corrected chi connectivity index (χ3v) is 3.06. The van der Waals surface area contributed by atoms with Crippen molar-refractivity contribution in [1.82, 2.24) is 5.32 Å². The molecule has 1 rings (SSSR count). The molecule has 1 aliphatic heterocycles. The van der Waals surface area contributed by atoms with E-state index in [-0.39, 0.29) is 5.54 Å². The van der Waals surface area contributed by atoms with Crippen LogP contribution in [0.4, 0.5) is 0 Å². The summed E-state index contributed by atoms with van der Waals surface area (Å²) in [7, 11) is 0. The van der Waals surface area contributed by atoms with Crippen LogP contribution >= 0.6 is 0 Å². The molecule has 0 aromatic heterocycles. The van der Waals surface area contributed by atoms with Crippen LogP contribution in [0.25, 0.3) is 0 Å². The number of hydrogen-bond donors (Lipinski definition) is 2. The minimum Gasteiger partial charge on any atom is -0.394 e. The lowest BCUT2D eigenvalue weighted by Gasteiger charge is -2.33. The Morgan fingerprint density at radius 2 is 2.00 bits per heavy atom. The van der Waals surface area contributed by atoms with E-state index >= 15 is 0 Å². The molecular weight excluding hydrogens is 150 g/mol. The molecule has 0 spiro atoms. The van der Waals surface area contributed by atoms with Crippen molar-refractivity contribution < 1.29 is 5.11 Å². The minimum atomic E-state index is 0.0421. The Morgan fingerprint density at radius 1 is 1.25 bits per heavy atom. The first-order valence-electron chi connectivity index (χ1n) is 5.19. The van der Waals surface area contributed by atoms with Crippen LogP contribution in [0.5, 0.6) is 0 Å². The second kappa shape index (κ2) is 4.83. The molecule has 0 saturated carbocycles. The van der Waals surface area contributed by atoms with Gasteiger partial charge in [0.15, 0.2) is 0 Å². The zero-order valence-corrected chi connectivity index (χ0v) is 8.10. The molecular formula is C10H21NO. The molecule has 1 atom stereocenters. The summed E-state index contributed by atoms with van der Waals surface area (Å²) in [4.78, 5) is 0. The van der Waals surface area contributed by atoms with Gasteiger partial charge in [-0.3, -0.25) is 0 Å².